The third-order valence-electron chi connectivity index (χ3n) is 3.80. The Morgan fingerprint density at radius 3 is 2.89 bits per heavy atom. The van der Waals surface area contributed by atoms with Gasteiger partial charge in [0.15, 0.2) is 0 Å². The molecule has 3 saturated heterocycles. The van der Waals surface area contributed by atoms with Gasteiger partial charge in [0.2, 0.25) is 0 Å². The van der Waals surface area contributed by atoms with E-state index < -0.39 is 0 Å². The van der Waals surface area contributed by atoms with Crippen LogP contribution in [-0.4, -0.2) is 36.7 Å². The van der Waals surface area contributed by atoms with Gasteiger partial charge in [0.05, 0.1) is 0 Å². The normalized spacial score (nSPS) is 26.8. The first-order chi connectivity index (χ1) is 8.83. The Morgan fingerprint density at radius 2 is 2.06 bits per heavy atom. The predicted molar refractivity (Wildman–Crippen MR) is 68.6 cm³/mol. The van der Waals surface area contributed by atoms with Gasteiger partial charge in [-0.1, -0.05) is 18.2 Å². The zero-order valence-corrected chi connectivity index (χ0v) is 10.3. The molecule has 2 bridgehead atoms. The van der Waals surface area contributed by atoms with Crippen molar-refractivity contribution in [3.8, 4) is 5.75 Å². The van der Waals surface area contributed by atoms with Crippen molar-refractivity contribution in [2.45, 2.75) is 18.9 Å². The van der Waals surface area contributed by atoms with Crippen LogP contribution in [0.2, 0.25) is 0 Å². The second kappa shape index (κ2) is 4.98. The highest BCUT2D eigenvalue weighted by Gasteiger charge is 2.35. The third-order valence-corrected chi connectivity index (χ3v) is 3.80. The van der Waals surface area contributed by atoms with Crippen LogP contribution < -0.4 is 10.1 Å². The number of para-hydroxylation sites is 1. The fraction of sp³-hybridized carbons (Fsp3) is 0.500. The Bertz CT molecular complexity index is 417. The first-order valence-corrected chi connectivity index (χ1v) is 6.57. The number of carbonyl (C=O) groups is 1. The second-order valence-corrected chi connectivity index (χ2v) is 5.09. The minimum atomic E-state index is -0.209. The minimum absolute atomic E-state index is 0.209. The largest absolute Gasteiger partial charge is 0.415 e. The number of rotatable bonds is 1. The quantitative estimate of drug-likeness (QED) is 0.822. The Balaban J connectivity index is 1.69. The lowest BCUT2D eigenvalue weighted by atomic mass is 9.95. The molecule has 1 amide bonds. The highest BCUT2D eigenvalue weighted by atomic mass is 16.6. The van der Waals surface area contributed by atoms with E-state index in [4.69, 9.17) is 4.74 Å². The van der Waals surface area contributed by atoms with E-state index in [1.807, 2.05) is 35.2 Å². The molecule has 2 unspecified atom stereocenters. The van der Waals surface area contributed by atoms with Crippen LogP contribution in [0.5, 0.6) is 5.75 Å². The smallest absolute Gasteiger partial charge is 0.410 e. The molecule has 1 aromatic rings. The van der Waals surface area contributed by atoms with Gasteiger partial charge in [0.1, 0.15) is 5.75 Å². The van der Waals surface area contributed by atoms with Crippen molar-refractivity contribution in [2.75, 3.05) is 19.6 Å². The maximum atomic E-state index is 12.2. The van der Waals surface area contributed by atoms with Gasteiger partial charge in [-0.25, -0.2) is 4.79 Å². The molecule has 2 atom stereocenters. The predicted octanol–water partition coefficient (Wildman–Crippen LogP) is 1.87. The monoisotopic (exact) mass is 246 g/mol. The molecule has 3 fully saturated rings. The van der Waals surface area contributed by atoms with Crippen molar-refractivity contribution in [1.29, 1.82) is 0 Å². The number of carbonyl (C=O) groups excluding carboxylic acids is 1. The van der Waals surface area contributed by atoms with Crippen LogP contribution in [0.1, 0.15) is 12.8 Å². The third kappa shape index (κ3) is 2.34. The van der Waals surface area contributed by atoms with E-state index in [0.717, 1.165) is 26.1 Å². The van der Waals surface area contributed by atoms with Crippen LogP contribution in [0.25, 0.3) is 0 Å². The lowest BCUT2D eigenvalue weighted by Crippen LogP contribution is -2.48. The molecule has 4 nitrogen and oxygen atoms in total. The number of amides is 1. The van der Waals surface area contributed by atoms with E-state index in [1.165, 1.54) is 6.42 Å². The van der Waals surface area contributed by atoms with E-state index in [1.54, 1.807) is 0 Å². The highest BCUT2D eigenvalue weighted by molar-refractivity contribution is 5.71. The van der Waals surface area contributed by atoms with E-state index in [9.17, 15) is 4.79 Å². The molecular formula is C14H18N2O2. The Morgan fingerprint density at radius 1 is 1.22 bits per heavy atom. The molecule has 0 aromatic heterocycles. The molecule has 3 aliphatic rings. The molecule has 3 heterocycles. The second-order valence-electron chi connectivity index (χ2n) is 5.09. The number of benzene rings is 1. The van der Waals surface area contributed by atoms with Gasteiger partial charge in [-0.05, 0) is 37.4 Å². The van der Waals surface area contributed by atoms with Crippen LogP contribution >= 0.6 is 0 Å². The number of fused-ring (bicyclic) bond motifs is 4. The number of ether oxygens (including phenoxy) is 1. The molecular weight excluding hydrogens is 228 g/mol. The molecule has 0 radical (unpaired) electrons. The molecule has 96 valence electrons. The summed E-state index contributed by atoms with van der Waals surface area (Å²) in [6.45, 7) is 2.73. The van der Waals surface area contributed by atoms with Crippen molar-refractivity contribution in [2.24, 2.45) is 5.92 Å². The van der Waals surface area contributed by atoms with Crippen molar-refractivity contribution in [1.82, 2.24) is 10.2 Å². The van der Waals surface area contributed by atoms with Gasteiger partial charge in [-0.3, -0.25) is 0 Å². The molecule has 1 aromatic carbocycles. The number of nitrogens with one attached hydrogen (secondary N) is 1. The van der Waals surface area contributed by atoms with Crippen molar-refractivity contribution in [3.05, 3.63) is 30.3 Å². The summed E-state index contributed by atoms with van der Waals surface area (Å²) in [7, 11) is 0. The lowest BCUT2D eigenvalue weighted by Gasteiger charge is -2.35. The molecule has 4 heteroatoms. The van der Waals surface area contributed by atoms with Gasteiger partial charge in [0, 0.05) is 19.1 Å². The first kappa shape index (κ1) is 11.5. The van der Waals surface area contributed by atoms with Gasteiger partial charge < -0.3 is 15.0 Å². The van der Waals surface area contributed by atoms with Crippen LogP contribution in [0.4, 0.5) is 4.79 Å². The molecule has 0 aliphatic carbocycles. The fourth-order valence-electron chi connectivity index (χ4n) is 2.81. The summed E-state index contributed by atoms with van der Waals surface area (Å²) in [5.41, 5.74) is 0. The van der Waals surface area contributed by atoms with Crippen LogP contribution in [0.3, 0.4) is 0 Å². The van der Waals surface area contributed by atoms with Gasteiger partial charge in [0.25, 0.3) is 0 Å². The van der Waals surface area contributed by atoms with E-state index in [-0.39, 0.29) is 6.09 Å². The number of hydrogen-bond donors (Lipinski definition) is 1. The molecule has 3 aliphatic heterocycles. The number of piperidine rings is 1. The Hall–Kier alpha value is -1.55. The van der Waals surface area contributed by atoms with Crippen LogP contribution in [-0.2, 0) is 0 Å². The summed E-state index contributed by atoms with van der Waals surface area (Å²) in [6, 6.07) is 9.57. The Kier molecular flexibility index (Phi) is 3.19. The highest BCUT2D eigenvalue weighted by Crippen LogP contribution is 2.25. The Labute approximate surface area is 107 Å². The average molecular weight is 246 g/mol. The summed E-state index contributed by atoms with van der Waals surface area (Å²) in [4.78, 5) is 14.1. The maximum Gasteiger partial charge on any atom is 0.415 e. The van der Waals surface area contributed by atoms with Crippen molar-refractivity contribution >= 4 is 6.09 Å². The van der Waals surface area contributed by atoms with Gasteiger partial charge in [-0.2, -0.15) is 0 Å². The van der Waals surface area contributed by atoms with Gasteiger partial charge >= 0.3 is 6.09 Å². The average Bonchev–Trinajstić information content (AvgIpc) is 2.75. The zero-order chi connectivity index (χ0) is 12.4. The van der Waals surface area contributed by atoms with Crippen molar-refractivity contribution < 1.29 is 9.53 Å². The number of hydrogen-bond acceptors (Lipinski definition) is 3. The molecule has 18 heavy (non-hydrogen) atoms. The number of nitrogens with zero attached hydrogens (tertiary/aromatic N) is 1. The van der Waals surface area contributed by atoms with Crippen molar-refractivity contribution in [3.63, 3.8) is 0 Å². The summed E-state index contributed by atoms with van der Waals surface area (Å²) in [5.74, 6) is 1.20. The van der Waals surface area contributed by atoms with Crippen LogP contribution in [0.15, 0.2) is 30.3 Å². The van der Waals surface area contributed by atoms with Crippen LogP contribution in [0, 0.1) is 5.92 Å². The van der Waals surface area contributed by atoms with E-state index >= 15 is 0 Å². The summed E-state index contributed by atoms with van der Waals surface area (Å²) in [5, 5.41) is 3.41. The molecule has 4 rings (SSSR count). The maximum absolute atomic E-state index is 12.2. The molecule has 1 N–H and O–H groups in total. The van der Waals surface area contributed by atoms with E-state index in [2.05, 4.69) is 5.32 Å². The summed E-state index contributed by atoms with van der Waals surface area (Å²) >= 11 is 0. The first-order valence-electron chi connectivity index (χ1n) is 6.57. The fourth-order valence-corrected chi connectivity index (χ4v) is 2.81. The summed E-state index contributed by atoms with van der Waals surface area (Å²) in [6.07, 6.45) is 2.09. The zero-order valence-electron chi connectivity index (χ0n) is 10.3. The molecule has 0 spiro atoms. The molecule has 0 saturated carbocycles. The SMILES string of the molecule is O=C(Oc1ccccc1)N1CC2CCC1CNC2. The van der Waals surface area contributed by atoms with Gasteiger partial charge in [-0.15, -0.1) is 0 Å². The minimum Gasteiger partial charge on any atom is -0.410 e. The lowest BCUT2D eigenvalue weighted by molar-refractivity contribution is 0.106. The standard InChI is InChI=1S/C14H18N2O2/c17-14(18-13-4-2-1-3-5-13)16-10-11-6-7-12(16)9-15-8-11/h1-5,11-12,15H,6-10H2. The van der Waals surface area contributed by atoms with E-state index in [0.29, 0.717) is 17.7 Å². The summed E-state index contributed by atoms with van der Waals surface area (Å²) < 4.78 is 5.42. The topological polar surface area (TPSA) is 41.6 Å².